The molecular formula is C12H23NO4. The van der Waals surface area contributed by atoms with Crippen molar-refractivity contribution in [2.24, 2.45) is 5.73 Å². The zero-order valence-electron chi connectivity index (χ0n) is 10.7. The average molecular weight is 245 g/mol. The van der Waals surface area contributed by atoms with Gasteiger partial charge < -0.3 is 15.2 Å². The monoisotopic (exact) mass is 245 g/mol. The summed E-state index contributed by atoms with van der Waals surface area (Å²) in [4.78, 5) is 22.6. The summed E-state index contributed by atoms with van der Waals surface area (Å²) in [6, 6.07) is 0. The smallest absolute Gasteiger partial charge is 0.309 e. The molecule has 0 spiro atoms. The zero-order valence-corrected chi connectivity index (χ0v) is 10.7. The quantitative estimate of drug-likeness (QED) is 0.621. The molecule has 0 aromatic heterocycles. The third-order valence-electron chi connectivity index (χ3n) is 2.16. The SMILES string of the molecule is CCCCC(=O)O[C@@H](CN)CC(=O)OCCC. The highest BCUT2D eigenvalue weighted by Crippen LogP contribution is 2.04. The van der Waals surface area contributed by atoms with E-state index >= 15 is 0 Å². The lowest BCUT2D eigenvalue weighted by Crippen LogP contribution is -2.30. The first-order valence-electron chi connectivity index (χ1n) is 6.19. The van der Waals surface area contributed by atoms with Gasteiger partial charge in [-0.15, -0.1) is 0 Å². The predicted octanol–water partition coefficient (Wildman–Crippen LogP) is 1.39. The van der Waals surface area contributed by atoms with Crippen molar-refractivity contribution < 1.29 is 19.1 Å². The van der Waals surface area contributed by atoms with Gasteiger partial charge in [0.05, 0.1) is 13.0 Å². The van der Waals surface area contributed by atoms with Crippen LogP contribution in [0.15, 0.2) is 0 Å². The van der Waals surface area contributed by atoms with Crippen molar-refractivity contribution in [2.75, 3.05) is 13.2 Å². The highest BCUT2D eigenvalue weighted by Gasteiger charge is 2.17. The molecular weight excluding hydrogens is 222 g/mol. The molecule has 2 N–H and O–H groups in total. The van der Waals surface area contributed by atoms with Crippen LogP contribution in [0, 0.1) is 0 Å². The van der Waals surface area contributed by atoms with E-state index in [1.54, 1.807) is 0 Å². The molecule has 0 aliphatic carbocycles. The van der Waals surface area contributed by atoms with Crippen molar-refractivity contribution in [3.05, 3.63) is 0 Å². The molecule has 0 unspecified atom stereocenters. The number of unbranched alkanes of at least 4 members (excludes halogenated alkanes) is 1. The number of hydrogen-bond donors (Lipinski definition) is 1. The van der Waals surface area contributed by atoms with Crippen LogP contribution in [-0.2, 0) is 19.1 Å². The molecule has 100 valence electrons. The molecule has 0 aromatic carbocycles. The van der Waals surface area contributed by atoms with E-state index in [2.05, 4.69) is 0 Å². The van der Waals surface area contributed by atoms with Crippen molar-refractivity contribution in [2.45, 2.75) is 52.1 Å². The van der Waals surface area contributed by atoms with Crippen molar-refractivity contribution in [3.63, 3.8) is 0 Å². The molecule has 0 saturated heterocycles. The number of carbonyl (C=O) groups is 2. The maximum atomic E-state index is 11.3. The first-order valence-corrected chi connectivity index (χ1v) is 6.19. The van der Waals surface area contributed by atoms with Crippen molar-refractivity contribution in [1.82, 2.24) is 0 Å². The van der Waals surface area contributed by atoms with Gasteiger partial charge in [0.2, 0.25) is 0 Å². The molecule has 0 amide bonds. The molecule has 0 aliphatic heterocycles. The molecule has 0 aliphatic rings. The largest absolute Gasteiger partial charge is 0.466 e. The van der Waals surface area contributed by atoms with Crippen LogP contribution < -0.4 is 5.73 Å². The van der Waals surface area contributed by atoms with E-state index < -0.39 is 6.10 Å². The lowest BCUT2D eigenvalue weighted by atomic mass is 10.2. The number of nitrogens with two attached hydrogens (primary N) is 1. The molecule has 0 fully saturated rings. The molecule has 1 atom stereocenters. The highest BCUT2D eigenvalue weighted by atomic mass is 16.6. The first kappa shape index (κ1) is 15.9. The van der Waals surface area contributed by atoms with Gasteiger partial charge in [0.1, 0.15) is 6.10 Å². The molecule has 0 saturated carbocycles. The average Bonchev–Trinajstić information content (AvgIpc) is 2.32. The second kappa shape index (κ2) is 10.1. The summed E-state index contributed by atoms with van der Waals surface area (Å²) < 4.78 is 9.99. The Morgan fingerprint density at radius 3 is 2.41 bits per heavy atom. The third-order valence-corrected chi connectivity index (χ3v) is 2.16. The van der Waals surface area contributed by atoms with Gasteiger partial charge in [-0.3, -0.25) is 9.59 Å². The van der Waals surface area contributed by atoms with Gasteiger partial charge in [0, 0.05) is 13.0 Å². The number of rotatable bonds is 9. The summed E-state index contributed by atoms with van der Waals surface area (Å²) in [7, 11) is 0. The summed E-state index contributed by atoms with van der Waals surface area (Å²) in [5.41, 5.74) is 5.44. The second-order valence-electron chi connectivity index (χ2n) is 3.88. The molecule has 0 heterocycles. The molecule has 0 radical (unpaired) electrons. The molecule has 17 heavy (non-hydrogen) atoms. The van der Waals surface area contributed by atoms with Gasteiger partial charge >= 0.3 is 11.9 Å². The fraction of sp³-hybridized carbons (Fsp3) is 0.833. The fourth-order valence-electron chi connectivity index (χ4n) is 1.20. The van der Waals surface area contributed by atoms with Crippen LogP contribution in [-0.4, -0.2) is 31.2 Å². The zero-order chi connectivity index (χ0) is 13.1. The summed E-state index contributed by atoms with van der Waals surface area (Å²) in [5.74, 6) is -0.670. The van der Waals surface area contributed by atoms with Crippen LogP contribution in [0.3, 0.4) is 0 Å². The van der Waals surface area contributed by atoms with Crippen molar-refractivity contribution in [1.29, 1.82) is 0 Å². The molecule has 0 bridgehead atoms. The van der Waals surface area contributed by atoms with Crippen LogP contribution in [0.4, 0.5) is 0 Å². The van der Waals surface area contributed by atoms with Gasteiger partial charge in [-0.2, -0.15) is 0 Å². The van der Waals surface area contributed by atoms with Crippen molar-refractivity contribution in [3.8, 4) is 0 Å². The number of esters is 2. The predicted molar refractivity (Wildman–Crippen MR) is 64.3 cm³/mol. The standard InChI is InChI=1S/C12H23NO4/c1-3-5-6-11(14)17-10(9-13)8-12(15)16-7-4-2/h10H,3-9,13H2,1-2H3/t10-/m1/s1. The second-order valence-corrected chi connectivity index (χ2v) is 3.88. The van der Waals surface area contributed by atoms with Crippen LogP contribution >= 0.6 is 0 Å². The van der Waals surface area contributed by atoms with E-state index in [0.29, 0.717) is 13.0 Å². The van der Waals surface area contributed by atoms with E-state index in [-0.39, 0.29) is 24.9 Å². The Morgan fingerprint density at radius 2 is 1.88 bits per heavy atom. The normalized spacial score (nSPS) is 11.9. The van der Waals surface area contributed by atoms with Crippen LogP contribution in [0.5, 0.6) is 0 Å². The summed E-state index contributed by atoms with van der Waals surface area (Å²) in [6.45, 7) is 4.44. The molecule has 5 nitrogen and oxygen atoms in total. The molecule has 5 heteroatoms. The Balaban J connectivity index is 3.89. The van der Waals surface area contributed by atoms with Crippen LogP contribution in [0.2, 0.25) is 0 Å². The third kappa shape index (κ3) is 8.68. The number of carbonyl (C=O) groups excluding carboxylic acids is 2. The van der Waals surface area contributed by atoms with Crippen molar-refractivity contribution >= 4 is 11.9 Å². The number of ether oxygens (including phenoxy) is 2. The lowest BCUT2D eigenvalue weighted by molar-refractivity contribution is -0.154. The van der Waals surface area contributed by atoms with E-state index in [1.807, 2.05) is 13.8 Å². The number of hydrogen-bond acceptors (Lipinski definition) is 5. The minimum Gasteiger partial charge on any atom is -0.466 e. The van der Waals surface area contributed by atoms with Gasteiger partial charge in [-0.05, 0) is 12.8 Å². The maximum absolute atomic E-state index is 11.3. The van der Waals surface area contributed by atoms with E-state index in [1.165, 1.54) is 0 Å². The Morgan fingerprint density at radius 1 is 1.18 bits per heavy atom. The van der Waals surface area contributed by atoms with E-state index in [4.69, 9.17) is 15.2 Å². The molecule has 0 aromatic rings. The summed E-state index contributed by atoms with van der Waals surface area (Å²) in [5, 5.41) is 0. The first-order chi connectivity index (χ1) is 8.13. The van der Waals surface area contributed by atoms with E-state index in [9.17, 15) is 9.59 Å². The van der Waals surface area contributed by atoms with Gasteiger partial charge in [-0.25, -0.2) is 0 Å². The Bertz CT molecular complexity index is 209. The van der Waals surface area contributed by atoms with Gasteiger partial charge in [0.15, 0.2) is 0 Å². The topological polar surface area (TPSA) is 78.6 Å². The minimum atomic E-state index is -0.566. The van der Waals surface area contributed by atoms with Crippen LogP contribution in [0.25, 0.3) is 0 Å². The molecule has 0 rings (SSSR count). The van der Waals surface area contributed by atoms with Gasteiger partial charge in [0.25, 0.3) is 0 Å². The van der Waals surface area contributed by atoms with Gasteiger partial charge in [-0.1, -0.05) is 20.3 Å². The Labute approximate surface area is 103 Å². The Kier molecular flexibility index (Phi) is 9.43. The minimum absolute atomic E-state index is 0.0361. The highest BCUT2D eigenvalue weighted by molar-refractivity contribution is 5.72. The summed E-state index contributed by atoms with van der Waals surface area (Å²) in [6.07, 6.45) is 2.33. The Hall–Kier alpha value is -1.10. The maximum Gasteiger partial charge on any atom is 0.309 e. The van der Waals surface area contributed by atoms with E-state index in [0.717, 1.165) is 19.3 Å². The van der Waals surface area contributed by atoms with Crippen LogP contribution in [0.1, 0.15) is 46.0 Å². The lowest BCUT2D eigenvalue weighted by Gasteiger charge is -2.15. The fourth-order valence-corrected chi connectivity index (χ4v) is 1.20. The summed E-state index contributed by atoms with van der Waals surface area (Å²) >= 11 is 0.